The fourth-order valence-corrected chi connectivity index (χ4v) is 14.5. The van der Waals surface area contributed by atoms with Crippen LogP contribution in [0.15, 0.2) is 29.2 Å². The van der Waals surface area contributed by atoms with Gasteiger partial charge in [-0.3, -0.25) is 4.18 Å². The van der Waals surface area contributed by atoms with Gasteiger partial charge >= 0.3 is 0 Å². The average Bonchev–Trinajstić information content (AvgIpc) is 0.773. The molecule has 0 radical (unpaired) electrons. The first-order chi connectivity index (χ1) is 46.6. The van der Waals surface area contributed by atoms with Crippen molar-refractivity contribution < 1.29 is 201 Å². The zero-order valence-corrected chi connectivity index (χ0v) is 52.6. The van der Waals surface area contributed by atoms with Crippen LogP contribution in [0.2, 0.25) is 0 Å². The zero-order chi connectivity index (χ0) is 71.3. The van der Waals surface area contributed by atoms with Gasteiger partial charge in [0.2, 0.25) is 0 Å². The van der Waals surface area contributed by atoms with Crippen molar-refractivity contribution >= 4 is 10.1 Å². The van der Waals surface area contributed by atoms with Gasteiger partial charge < -0.3 is 189 Å². The predicted octanol–water partition coefficient (Wildman–Crippen LogP) is -15.0. The lowest BCUT2D eigenvalue weighted by molar-refractivity contribution is -0.399. The van der Waals surface area contributed by atoms with E-state index in [0.717, 1.165) is 12.1 Å². The SMILES string of the molecule is Cc1ccc(S(=O)(=O)O[C@@H]2[C@@H](O)[C@@H]3O[C@H]4O[C@H](CO)[C@@H](O[C@H]5O[C@H](CO)[C@@H](O[C@H]6O[C@H](CO)[C@@H](O[C@H]7O[C@H](CO)[C@@H](O[C@H]8O[C@H](CO)[C@@H](O[C@H]9O[C@H](CO)[C@@H](O[C@H]%10O[C@H](CO)[C@@H](O[C@H]2C[C@@H]3CO)[C@H](O)[C@H]%10O)[C@H](O)[C@H]9O)[C@H](O)[C@H]8O)[C@H](O)[C@H]7O)[C@H](O)[C@H]6O)[C@H](O)[C@H]5O)[C@H](O)[C@H]4O)cc1. The van der Waals surface area contributed by atoms with Gasteiger partial charge in [0.25, 0.3) is 10.1 Å². The van der Waals surface area contributed by atoms with E-state index in [0.29, 0.717) is 5.56 Å². The third kappa shape index (κ3) is 15.6. The lowest BCUT2D eigenvalue weighted by Crippen LogP contribution is -2.69. The first kappa shape index (κ1) is 78.2. The van der Waals surface area contributed by atoms with Crippen LogP contribution in [-0.4, -0.2) is 418 Å². The molecule has 1 aromatic rings. The Labute approximate surface area is 556 Å². The molecule has 29 aliphatic heterocycles. The number of ether oxygens (including phenoxy) is 15. The number of aliphatic hydroxyl groups excluding tert-OH is 23. The summed E-state index contributed by atoms with van der Waals surface area (Å²) in [6.45, 7) is -7.08. The summed E-state index contributed by atoms with van der Waals surface area (Å²) in [6, 6.07) is 5.10. The van der Waals surface area contributed by atoms with Crippen LogP contribution < -0.4 is 0 Å². The first-order valence-corrected chi connectivity index (χ1v) is 32.9. The van der Waals surface area contributed by atoms with Gasteiger partial charge in [0.05, 0.1) is 63.4 Å². The maximum absolute atomic E-state index is 14.1. The average molecular weight is 1450 g/mol. The van der Waals surface area contributed by atoms with E-state index in [1.807, 2.05) is 0 Å². The molecule has 29 saturated heterocycles. The van der Waals surface area contributed by atoms with E-state index in [4.69, 9.17) is 75.2 Å². The van der Waals surface area contributed by atoms with Crippen LogP contribution >= 0.6 is 0 Å². The van der Waals surface area contributed by atoms with E-state index in [9.17, 15) is 126 Å². The number of aliphatic hydroxyl groups is 23. The Balaban J connectivity index is 0.950. The molecule has 0 spiro atoms. The molecule has 1 saturated carbocycles. The van der Waals surface area contributed by atoms with E-state index < -0.39 is 320 Å². The van der Waals surface area contributed by atoms with Gasteiger partial charge in [-0.15, -0.1) is 0 Å². The van der Waals surface area contributed by atoms with E-state index >= 15 is 0 Å². The van der Waals surface area contributed by atoms with E-state index in [2.05, 4.69) is 0 Å². The molecule has 1 aliphatic carbocycles. The predicted molar refractivity (Wildman–Crippen MR) is 302 cm³/mol. The lowest BCUT2D eigenvalue weighted by Gasteiger charge is -2.51. The highest BCUT2D eigenvalue weighted by molar-refractivity contribution is 7.86. The number of rotatable bonds is 11. The fraction of sp³-hybridized carbons (Fsp3) is 0.893. The highest BCUT2D eigenvalue weighted by Gasteiger charge is 2.61. The van der Waals surface area contributed by atoms with Crippen molar-refractivity contribution in [1.29, 1.82) is 0 Å². The molecule has 564 valence electrons. The summed E-state index contributed by atoms with van der Waals surface area (Å²) >= 11 is 0. The van der Waals surface area contributed by atoms with Crippen LogP contribution in [0.5, 0.6) is 0 Å². The highest BCUT2D eigenvalue weighted by Crippen LogP contribution is 2.42. The third-order valence-corrected chi connectivity index (χ3v) is 20.3. The fourth-order valence-electron chi connectivity index (χ4n) is 13.4. The number of hydrogen-bond donors (Lipinski definition) is 23. The molecule has 98 heavy (non-hydrogen) atoms. The second-order valence-electron chi connectivity index (χ2n) is 25.3. The van der Waals surface area contributed by atoms with Crippen LogP contribution in [0, 0.1) is 12.8 Å². The molecule has 42 heteroatoms. The van der Waals surface area contributed by atoms with Crippen LogP contribution in [0.25, 0.3) is 0 Å². The van der Waals surface area contributed by atoms with Gasteiger partial charge in [-0.2, -0.15) is 8.42 Å². The Morgan fingerprint density at radius 1 is 0.306 bits per heavy atom. The molecule has 23 N–H and O–H groups in total. The molecule has 30 aliphatic rings. The van der Waals surface area contributed by atoms with Crippen molar-refractivity contribution in [2.75, 3.05) is 52.9 Å². The summed E-state index contributed by atoms with van der Waals surface area (Å²) in [7, 11) is -4.99. The Bertz CT molecular complexity index is 2760. The largest absolute Gasteiger partial charge is 0.396 e. The molecular formula is C56H88O41S. The Morgan fingerprint density at radius 2 is 0.531 bits per heavy atom. The standard InChI is InChI=1S/C56H88O41S/c1-15-2-4-17(5-3-15)98(80,81)97-49-18-6-16(7-57)41(40(49)79)90-50-34(73)27(66)43(20(9-59)84-50)92-52-36(75)29(68)45(22(11-61)86-52)94-54-38(77)31(70)47(24(13-63)88-54)96-56-39(78)32(71)48(25(14-64)89-56)95-55-37(76)30(69)46(23(12-62)87-55)93-53-35(74)28(67)44(21(10-60)85-53)91-51-33(72)26(65)42(82-18)19(8-58)83-51/h2-5,16,18-79H,6-14H2,1H3/t16-,18+,19-,20-,21-,22-,23-,24-,25-,26-,27-,28-,29-,30-,31-,32-,33-,34-,35-,36-,37-,38-,39-,40+,41-,42-,43-,44-,45-,46-,47-,48-,49+,50-,51-,52-,53-,54-,55-,56-/m1/s1. The highest BCUT2D eigenvalue weighted by atomic mass is 32.2. The van der Waals surface area contributed by atoms with Crippen LogP contribution in [0.3, 0.4) is 0 Å². The number of hydrogen-bond acceptors (Lipinski definition) is 41. The molecule has 31 rings (SSSR count). The molecule has 0 aromatic heterocycles. The quantitative estimate of drug-likeness (QED) is 0.0915. The van der Waals surface area contributed by atoms with Crippen molar-refractivity contribution in [2.24, 2.45) is 5.92 Å². The second-order valence-corrected chi connectivity index (χ2v) is 26.9. The van der Waals surface area contributed by atoms with Crippen molar-refractivity contribution in [2.45, 2.75) is 258 Å². The molecule has 30 fully saturated rings. The molecule has 0 amide bonds. The second kappa shape index (κ2) is 33.0. The monoisotopic (exact) mass is 1450 g/mol. The third-order valence-electron chi connectivity index (χ3n) is 18.9. The molecule has 29 heterocycles. The zero-order valence-electron chi connectivity index (χ0n) is 51.8. The topological polar surface area (TPSA) is 647 Å². The minimum atomic E-state index is -4.99. The van der Waals surface area contributed by atoms with Gasteiger partial charge in [-0.05, 0) is 25.5 Å². The summed E-state index contributed by atoms with van der Waals surface area (Å²) in [4.78, 5) is -0.473. The first-order valence-electron chi connectivity index (χ1n) is 31.5. The molecular weight excluding hydrogens is 1360 g/mol. The van der Waals surface area contributed by atoms with Crippen LogP contribution in [0.1, 0.15) is 12.0 Å². The van der Waals surface area contributed by atoms with Crippen molar-refractivity contribution in [3.05, 3.63) is 29.8 Å². The van der Waals surface area contributed by atoms with Crippen molar-refractivity contribution in [3.8, 4) is 0 Å². The Morgan fingerprint density at radius 3 is 0.755 bits per heavy atom. The molecule has 40 atom stereocenters. The van der Waals surface area contributed by atoms with Gasteiger partial charge in [0.15, 0.2) is 44.0 Å². The normalized spacial score (nSPS) is 51.1. The Hall–Kier alpha value is -2.39. The van der Waals surface area contributed by atoms with Gasteiger partial charge in [0, 0.05) is 12.5 Å². The van der Waals surface area contributed by atoms with Crippen molar-refractivity contribution in [3.63, 3.8) is 0 Å². The van der Waals surface area contributed by atoms with Gasteiger partial charge in [0.1, 0.15) is 183 Å². The number of benzene rings is 1. The summed E-state index contributed by atoms with van der Waals surface area (Å²) in [5.41, 5.74) is 0.605. The number of aryl methyl sites for hydroxylation is 1. The summed E-state index contributed by atoms with van der Waals surface area (Å²) in [6.07, 6.45) is -81.9. The van der Waals surface area contributed by atoms with E-state index in [1.165, 1.54) is 12.1 Å². The molecule has 1 aromatic carbocycles. The maximum Gasteiger partial charge on any atom is 0.297 e. The summed E-state index contributed by atoms with van der Waals surface area (Å²) < 4.78 is 121. The van der Waals surface area contributed by atoms with E-state index in [1.54, 1.807) is 6.92 Å². The van der Waals surface area contributed by atoms with Gasteiger partial charge in [-0.25, -0.2) is 0 Å². The van der Waals surface area contributed by atoms with Gasteiger partial charge in [-0.1, -0.05) is 17.7 Å². The summed E-state index contributed by atoms with van der Waals surface area (Å²) in [5, 5.41) is 258. The molecule has 0 unspecified atom stereocenters. The van der Waals surface area contributed by atoms with Crippen molar-refractivity contribution in [1.82, 2.24) is 0 Å². The molecule has 16 bridgehead atoms. The van der Waals surface area contributed by atoms with E-state index in [-0.39, 0.29) is 0 Å². The maximum atomic E-state index is 14.1. The van der Waals surface area contributed by atoms with Crippen LogP contribution in [-0.2, 0) is 85.4 Å². The van der Waals surface area contributed by atoms with Crippen LogP contribution in [0.4, 0.5) is 0 Å². The Kier molecular flexibility index (Phi) is 26.3. The smallest absolute Gasteiger partial charge is 0.297 e. The lowest BCUT2D eigenvalue weighted by atomic mass is 9.80. The molecule has 41 nitrogen and oxygen atoms in total. The summed E-state index contributed by atoms with van der Waals surface area (Å²) in [5.74, 6) is -1.44. The minimum Gasteiger partial charge on any atom is -0.396 e. The minimum absolute atomic E-state index is 0.473.